The monoisotopic (exact) mass is 334 g/mol. The maximum Gasteiger partial charge on any atom is 0.315 e. The first-order valence-corrected chi connectivity index (χ1v) is 8.28. The Kier molecular flexibility index (Phi) is 6.20. The molecule has 0 saturated carbocycles. The molecule has 0 radical (unpaired) electrons. The van der Waals surface area contributed by atoms with Gasteiger partial charge in [0.05, 0.1) is 6.04 Å². The molecular weight excluding hydrogens is 307 g/mol. The van der Waals surface area contributed by atoms with Crippen molar-refractivity contribution in [2.75, 3.05) is 44.7 Å². The van der Waals surface area contributed by atoms with Crippen LogP contribution in [0.25, 0.3) is 0 Å². The molecule has 1 aromatic rings. The summed E-state index contributed by atoms with van der Waals surface area (Å²) >= 11 is 0. The number of hydrogen-bond donors (Lipinski definition) is 2. The van der Waals surface area contributed by atoms with Crippen LogP contribution in [-0.4, -0.2) is 50.7 Å². The largest absolute Gasteiger partial charge is 0.369 e. The number of rotatable bonds is 5. The number of carbonyl (C=O) groups excluding carboxylic acids is 1. The molecule has 5 nitrogen and oxygen atoms in total. The molecule has 0 aromatic heterocycles. The van der Waals surface area contributed by atoms with Crippen LogP contribution >= 0.6 is 0 Å². The standard InChI is InChI=1S/C18H27FN4O/c1-13(2)12-20-18(24)21-14(3)16-11-15(19)5-6-17(16)23-9-7-22(4)8-10-23/h5-6,11,14H,1,7-10,12H2,2-4H3,(H2,20,21,24). The number of hydrogen-bond acceptors (Lipinski definition) is 3. The van der Waals surface area contributed by atoms with Gasteiger partial charge in [0, 0.05) is 44.0 Å². The van der Waals surface area contributed by atoms with Gasteiger partial charge in [-0.25, -0.2) is 9.18 Å². The normalized spacial score (nSPS) is 16.6. The lowest BCUT2D eigenvalue weighted by Gasteiger charge is -2.36. The molecule has 0 spiro atoms. The number of halogens is 1. The van der Waals surface area contributed by atoms with Crippen LogP contribution < -0.4 is 15.5 Å². The number of piperazine rings is 1. The molecule has 1 atom stereocenters. The highest BCUT2D eigenvalue weighted by molar-refractivity contribution is 5.75. The molecule has 2 rings (SSSR count). The summed E-state index contributed by atoms with van der Waals surface area (Å²) in [6.45, 7) is 11.6. The average molecular weight is 334 g/mol. The minimum absolute atomic E-state index is 0.279. The third-order valence-corrected chi connectivity index (χ3v) is 4.20. The van der Waals surface area contributed by atoms with Gasteiger partial charge in [-0.3, -0.25) is 0 Å². The maximum atomic E-state index is 13.8. The predicted octanol–water partition coefficient (Wildman–Crippen LogP) is 2.51. The van der Waals surface area contributed by atoms with Crippen molar-refractivity contribution >= 4 is 11.7 Å². The highest BCUT2D eigenvalue weighted by atomic mass is 19.1. The summed E-state index contributed by atoms with van der Waals surface area (Å²) in [6.07, 6.45) is 0. The fraction of sp³-hybridized carbons (Fsp3) is 0.500. The summed E-state index contributed by atoms with van der Waals surface area (Å²) in [6, 6.07) is 4.22. The van der Waals surface area contributed by atoms with Crippen molar-refractivity contribution in [3.05, 3.63) is 41.7 Å². The smallest absolute Gasteiger partial charge is 0.315 e. The molecule has 1 unspecified atom stereocenters. The van der Waals surface area contributed by atoms with Gasteiger partial charge in [-0.15, -0.1) is 0 Å². The molecule has 1 aromatic carbocycles. The lowest BCUT2D eigenvalue weighted by Crippen LogP contribution is -2.45. The van der Waals surface area contributed by atoms with Crippen molar-refractivity contribution in [3.63, 3.8) is 0 Å². The SMILES string of the molecule is C=C(C)CNC(=O)NC(C)c1cc(F)ccc1N1CCN(C)CC1. The number of nitrogens with zero attached hydrogens (tertiary/aromatic N) is 2. The van der Waals surface area contributed by atoms with Gasteiger partial charge in [-0.2, -0.15) is 0 Å². The van der Waals surface area contributed by atoms with Crippen LogP contribution in [0.5, 0.6) is 0 Å². The first kappa shape index (κ1) is 18.3. The van der Waals surface area contributed by atoms with Gasteiger partial charge in [0.25, 0.3) is 0 Å². The second-order valence-corrected chi connectivity index (χ2v) is 6.50. The number of anilines is 1. The van der Waals surface area contributed by atoms with E-state index in [-0.39, 0.29) is 17.9 Å². The summed E-state index contributed by atoms with van der Waals surface area (Å²) in [4.78, 5) is 16.5. The van der Waals surface area contributed by atoms with Crippen molar-refractivity contribution in [2.45, 2.75) is 19.9 Å². The Balaban J connectivity index is 2.11. The van der Waals surface area contributed by atoms with Crippen LogP contribution in [0.15, 0.2) is 30.4 Å². The second kappa shape index (κ2) is 8.15. The summed E-state index contributed by atoms with van der Waals surface area (Å²) in [7, 11) is 2.10. The lowest BCUT2D eigenvalue weighted by molar-refractivity contribution is 0.238. The van der Waals surface area contributed by atoms with Crippen molar-refractivity contribution < 1.29 is 9.18 Å². The van der Waals surface area contributed by atoms with Crippen molar-refractivity contribution in [1.82, 2.24) is 15.5 Å². The number of benzene rings is 1. The summed E-state index contributed by atoms with van der Waals surface area (Å²) in [5.74, 6) is -0.293. The van der Waals surface area contributed by atoms with Crippen LogP contribution in [0, 0.1) is 5.82 Å². The lowest BCUT2D eigenvalue weighted by atomic mass is 10.0. The third-order valence-electron chi connectivity index (χ3n) is 4.20. The zero-order chi connectivity index (χ0) is 17.7. The number of likely N-dealkylation sites (N-methyl/N-ethyl adjacent to an activating group) is 1. The number of urea groups is 1. The minimum Gasteiger partial charge on any atom is -0.369 e. The Morgan fingerprint density at radius 1 is 1.33 bits per heavy atom. The Morgan fingerprint density at radius 3 is 2.62 bits per heavy atom. The van der Waals surface area contributed by atoms with Gasteiger partial charge in [-0.05, 0) is 39.1 Å². The first-order valence-electron chi connectivity index (χ1n) is 8.28. The highest BCUT2D eigenvalue weighted by Crippen LogP contribution is 2.28. The maximum absolute atomic E-state index is 13.8. The molecule has 1 aliphatic heterocycles. The molecule has 6 heteroatoms. The Morgan fingerprint density at radius 2 is 2.00 bits per heavy atom. The van der Waals surface area contributed by atoms with E-state index < -0.39 is 0 Å². The number of amides is 2. The van der Waals surface area contributed by atoms with Crippen LogP contribution in [0.1, 0.15) is 25.5 Å². The fourth-order valence-electron chi connectivity index (χ4n) is 2.76. The quantitative estimate of drug-likeness (QED) is 0.814. The summed E-state index contributed by atoms with van der Waals surface area (Å²) in [5.41, 5.74) is 2.66. The van der Waals surface area contributed by atoms with Crippen LogP contribution in [0.2, 0.25) is 0 Å². The zero-order valence-electron chi connectivity index (χ0n) is 14.7. The van der Waals surface area contributed by atoms with Gasteiger partial charge in [0.15, 0.2) is 0 Å². The Bertz CT molecular complexity index is 597. The highest BCUT2D eigenvalue weighted by Gasteiger charge is 2.21. The average Bonchev–Trinajstić information content (AvgIpc) is 2.54. The molecule has 2 amide bonds. The predicted molar refractivity (Wildman–Crippen MR) is 95.9 cm³/mol. The first-order chi connectivity index (χ1) is 11.4. The van der Waals surface area contributed by atoms with E-state index in [0.29, 0.717) is 6.54 Å². The molecule has 132 valence electrons. The molecule has 1 aliphatic rings. The topological polar surface area (TPSA) is 47.6 Å². The Hall–Kier alpha value is -2.08. The van der Waals surface area contributed by atoms with Crippen molar-refractivity contribution in [2.24, 2.45) is 0 Å². The zero-order valence-corrected chi connectivity index (χ0v) is 14.7. The van der Waals surface area contributed by atoms with E-state index >= 15 is 0 Å². The van der Waals surface area contributed by atoms with E-state index in [4.69, 9.17) is 0 Å². The van der Waals surface area contributed by atoms with E-state index in [0.717, 1.165) is 43.0 Å². The van der Waals surface area contributed by atoms with E-state index in [1.807, 2.05) is 13.8 Å². The van der Waals surface area contributed by atoms with Gasteiger partial charge < -0.3 is 20.4 Å². The van der Waals surface area contributed by atoms with Crippen molar-refractivity contribution in [1.29, 1.82) is 0 Å². The number of nitrogens with one attached hydrogen (secondary N) is 2. The molecule has 1 saturated heterocycles. The Labute approximate surface area is 143 Å². The molecule has 2 N–H and O–H groups in total. The van der Waals surface area contributed by atoms with Crippen molar-refractivity contribution in [3.8, 4) is 0 Å². The van der Waals surface area contributed by atoms with Gasteiger partial charge in [0.2, 0.25) is 0 Å². The number of carbonyl (C=O) groups is 1. The van der Waals surface area contributed by atoms with Crippen LogP contribution in [0.4, 0.5) is 14.9 Å². The van der Waals surface area contributed by atoms with Crippen LogP contribution in [0.3, 0.4) is 0 Å². The van der Waals surface area contributed by atoms with Gasteiger partial charge in [0.1, 0.15) is 5.82 Å². The second-order valence-electron chi connectivity index (χ2n) is 6.50. The van der Waals surface area contributed by atoms with E-state index in [1.54, 1.807) is 6.07 Å². The molecular formula is C18H27FN4O. The van der Waals surface area contributed by atoms with E-state index in [2.05, 4.69) is 34.1 Å². The molecule has 1 fully saturated rings. The molecule has 24 heavy (non-hydrogen) atoms. The van der Waals surface area contributed by atoms with Gasteiger partial charge >= 0.3 is 6.03 Å². The molecule has 0 bridgehead atoms. The van der Waals surface area contributed by atoms with E-state index in [9.17, 15) is 9.18 Å². The summed E-state index contributed by atoms with van der Waals surface area (Å²) in [5, 5.41) is 5.61. The fourth-order valence-corrected chi connectivity index (χ4v) is 2.76. The van der Waals surface area contributed by atoms with Crippen LogP contribution in [-0.2, 0) is 0 Å². The molecule has 0 aliphatic carbocycles. The molecule has 1 heterocycles. The third kappa shape index (κ3) is 4.96. The summed E-state index contributed by atoms with van der Waals surface area (Å²) < 4.78 is 13.8. The minimum atomic E-state index is -0.293. The van der Waals surface area contributed by atoms with Gasteiger partial charge in [-0.1, -0.05) is 12.2 Å². The van der Waals surface area contributed by atoms with E-state index in [1.165, 1.54) is 12.1 Å².